The van der Waals surface area contributed by atoms with Crippen LogP contribution in [-0.2, 0) is 32.6 Å². The molecule has 0 radical (unpaired) electrons. The average molecular weight is 429 g/mol. The number of amides is 2. The summed E-state index contributed by atoms with van der Waals surface area (Å²) >= 11 is 0. The van der Waals surface area contributed by atoms with Crippen LogP contribution >= 0.6 is 0 Å². The first-order valence-electron chi connectivity index (χ1n) is 8.29. The highest BCUT2D eigenvalue weighted by Crippen LogP contribution is 2.15. The smallest absolute Gasteiger partial charge is 0.344 e. The van der Waals surface area contributed by atoms with Gasteiger partial charge in [0, 0.05) is 6.54 Å². The van der Waals surface area contributed by atoms with Crippen molar-refractivity contribution in [3.05, 3.63) is 65.7 Å². The number of halogens is 3. The van der Waals surface area contributed by atoms with Crippen LogP contribution in [0.25, 0.3) is 0 Å². The molecule has 0 aliphatic heterocycles. The van der Waals surface area contributed by atoms with Crippen LogP contribution in [-0.4, -0.2) is 32.5 Å². The molecule has 7 nitrogen and oxygen atoms in total. The van der Waals surface area contributed by atoms with E-state index in [2.05, 4.69) is 0 Å². The van der Waals surface area contributed by atoms with E-state index in [1.165, 1.54) is 12.1 Å². The fraction of sp³-hybridized carbons (Fsp3) is 0.222. The van der Waals surface area contributed by atoms with Crippen molar-refractivity contribution in [3.63, 3.8) is 0 Å². The van der Waals surface area contributed by atoms with E-state index in [0.29, 0.717) is 0 Å². The molecule has 2 aromatic carbocycles. The van der Waals surface area contributed by atoms with Crippen molar-refractivity contribution in [1.29, 1.82) is 0 Å². The molecule has 0 fully saturated rings. The van der Waals surface area contributed by atoms with Crippen LogP contribution in [0.5, 0.6) is 0 Å². The number of sulfonamides is 1. The molecule has 0 spiro atoms. The maximum absolute atomic E-state index is 12.3. The van der Waals surface area contributed by atoms with Crippen LogP contribution in [0.15, 0.2) is 59.5 Å². The second kappa shape index (κ2) is 9.05. The van der Waals surface area contributed by atoms with Crippen molar-refractivity contribution in [3.8, 4) is 0 Å². The zero-order valence-electron chi connectivity index (χ0n) is 14.9. The van der Waals surface area contributed by atoms with Gasteiger partial charge in [-0.1, -0.05) is 42.5 Å². The van der Waals surface area contributed by atoms with E-state index >= 15 is 0 Å². The van der Waals surface area contributed by atoms with E-state index in [-0.39, 0.29) is 16.9 Å². The molecule has 2 rings (SSSR count). The van der Waals surface area contributed by atoms with Crippen LogP contribution in [0.4, 0.5) is 13.2 Å². The van der Waals surface area contributed by atoms with E-state index in [4.69, 9.17) is 5.73 Å². The molecule has 2 amide bonds. The first kappa shape index (κ1) is 22.4. The third-order valence-corrected chi connectivity index (χ3v) is 5.18. The molecule has 2 aromatic rings. The SMILES string of the molecule is NC(Cc1ccccc1)C(=O)NS(=O)(=O)c1ccc(CNC(=O)C(F)(F)F)cc1. The van der Waals surface area contributed by atoms with Crippen LogP contribution < -0.4 is 15.8 Å². The highest BCUT2D eigenvalue weighted by molar-refractivity contribution is 7.90. The minimum atomic E-state index is -5.01. The van der Waals surface area contributed by atoms with Crippen molar-refractivity contribution in [1.82, 2.24) is 10.0 Å². The van der Waals surface area contributed by atoms with Crippen molar-refractivity contribution in [2.24, 2.45) is 5.73 Å². The number of alkyl halides is 3. The summed E-state index contributed by atoms with van der Waals surface area (Å²) in [7, 11) is -4.21. The molecule has 0 aromatic heterocycles. The molecule has 0 aliphatic carbocycles. The normalized spacial score (nSPS) is 12.8. The van der Waals surface area contributed by atoms with Gasteiger partial charge >= 0.3 is 12.1 Å². The van der Waals surface area contributed by atoms with Gasteiger partial charge in [0.2, 0.25) is 0 Å². The summed E-state index contributed by atoms with van der Waals surface area (Å²) in [6.45, 7) is -0.438. The Kier molecular flexibility index (Phi) is 6.98. The maximum atomic E-state index is 12.3. The Morgan fingerprint density at radius 2 is 1.55 bits per heavy atom. The Morgan fingerprint density at radius 1 is 0.966 bits per heavy atom. The molecular formula is C18H18F3N3O4S. The van der Waals surface area contributed by atoms with Gasteiger partial charge in [0.25, 0.3) is 15.9 Å². The van der Waals surface area contributed by atoms with Gasteiger partial charge < -0.3 is 11.1 Å². The van der Waals surface area contributed by atoms with Crippen LogP contribution in [0.1, 0.15) is 11.1 Å². The van der Waals surface area contributed by atoms with Crippen LogP contribution in [0.2, 0.25) is 0 Å². The predicted octanol–water partition coefficient (Wildman–Crippen LogP) is 1.24. The standard InChI is InChI=1S/C18H18F3N3O4S/c19-18(20,21)17(26)23-11-13-6-8-14(9-7-13)29(27,28)24-16(25)15(22)10-12-4-2-1-3-5-12/h1-9,15H,10-11,22H2,(H,23,26)(H,24,25). The highest BCUT2D eigenvalue weighted by Gasteiger charge is 2.38. The molecule has 0 saturated heterocycles. The fourth-order valence-electron chi connectivity index (χ4n) is 2.30. The Bertz CT molecular complexity index is 962. The molecule has 0 heterocycles. The minimum absolute atomic E-state index is 0.139. The Balaban J connectivity index is 1.98. The van der Waals surface area contributed by atoms with E-state index < -0.39 is 40.6 Å². The van der Waals surface area contributed by atoms with Gasteiger partial charge in [-0.2, -0.15) is 13.2 Å². The Labute approximate surface area is 165 Å². The van der Waals surface area contributed by atoms with Crippen molar-refractivity contribution < 1.29 is 31.2 Å². The van der Waals surface area contributed by atoms with E-state index in [1.807, 2.05) is 4.72 Å². The molecular weight excluding hydrogens is 411 g/mol. The lowest BCUT2D eigenvalue weighted by Crippen LogP contribution is -2.44. The molecule has 1 atom stereocenters. The third-order valence-electron chi connectivity index (χ3n) is 3.81. The number of hydrogen-bond donors (Lipinski definition) is 3. The number of hydrogen-bond acceptors (Lipinski definition) is 5. The van der Waals surface area contributed by atoms with Crippen molar-refractivity contribution in [2.45, 2.75) is 30.1 Å². The van der Waals surface area contributed by atoms with Crippen molar-refractivity contribution >= 4 is 21.8 Å². The first-order valence-corrected chi connectivity index (χ1v) is 9.77. The van der Waals surface area contributed by atoms with Gasteiger partial charge in [-0.3, -0.25) is 9.59 Å². The number of rotatable bonds is 7. The first-order chi connectivity index (χ1) is 13.5. The average Bonchev–Trinajstić information content (AvgIpc) is 2.66. The van der Waals surface area contributed by atoms with Crippen molar-refractivity contribution in [2.75, 3.05) is 0 Å². The van der Waals surface area contributed by atoms with Gasteiger partial charge in [0.1, 0.15) is 0 Å². The van der Waals surface area contributed by atoms with Crippen LogP contribution in [0.3, 0.4) is 0 Å². The maximum Gasteiger partial charge on any atom is 0.471 e. The molecule has 156 valence electrons. The van der Waals surface area contributed by atoms with E-state index in [0.717, 1.165) is 17.7 Å². The monoisotopic (exact) mass is 429 g/mol. The van der Waals surface area contributed by atoms with Gasteiger partial charge in [0.05, 0.1) is 10.9 Å². The minimum Gasteiger partial charge on any atom is -0.344 e. The second-order valence-electron chi connectivity index (χ2n) is 6.09. The van der Waals surface area contributed by atoms with E-state index in [9.17, 15) is 31.2 Å². The van der Waals surface area contributed by atoms with Gasteiger partial charge in [0.15, 0.2) is 0 Å². The lowest BCUT2D eigenvalue weighted by molar-refractivity contribution is -0.173. The molecule has 11 heteroatoms. The lowest BCUT2D eigenvalue weighted by Gasteiger charge is -2.13. The quantitative estimate of drug-likeness (QED) is 0.612. The Hall–Kier alpha value is -2.92. The molecule has 0 aliphatic rings. The molecule has 0 bridgehead atoms. The van der Waals surface area contributed by atoms with Gasteiger partial charge in [-0.05, 0) is 29.7 Å². The number of carbonyl (C=O) groups is 2. The second-order valence-corrected chi connectivity index (χ2v) is 7.77. The fourth-order valence-corrected chi connectivity index (χ4v) is 3.33. The summed E-state index contributed by atoms with van der Waals surface area (Å²) < 4.78 is 62.9. The summed E-state index contributed by atoms with van der Waals surface area (Å²) in [4.78, 5) is 22.6. The predicted molar refractivity (Wildman–Crippen MR) is 97.8 cm³/mol. The molecule has 29 heavy (non-hydrogen) atoms. The van der Waals surface area contributed by atoms with Crippen LogP contribution in [0, 0.1) is 0 Å². The topological polar surface area (TPSA) is 118 Å². The zero-order valence-corrected chi connectivity index (χ0v) is 15.8. The zero-order chi connectivity index (χ0) is 21.7. The third kappa shape index (κ3) is 6.57. The summed E-state index contributed by atoms with van der Waals surface area (Å²) in [5.41, 5.74) is 6.76. The number of carbonyl (C=O) groups excluding carboxylic acids is 2. The summed E-state index contributed by atoms with van der Waals surface area (Å²) in [6.07, 6.45) is -4.87. The number of nitrogens with two attached hydrogens (primary N) is 1. The van der Waals surface area contributed by atoms with Gasteiger partial charge in [-0.15, -0.1) is 0 Å². The van der Waals surface area contributed by atoms with E-state index in [1.54, 1.807) is 35.6 Å². The summed E-state index contributed by atoms with van der Waals surface area (Å²) in [6, 6.07) is 12.4. The molecule has 1 unspecified atom stereocenters. The number of benzene rings is 2. The molecule has 4 N–H and O–H groups in total. The lowest BCUT2D eigenvalue weighted by atomic mass is 10.1. The largest absolute Gasteiger partial charge is 0.471 e. The number of nitrogens with one attached hydrogen (secondary N) is 2. The van der Waals surface area contributed by atoms with Gasteiger partial charge in [-0.25, -0.2) is 13.1 Å². The Morgan fingerprint density at radius 3 is 2.10 bits per heavy atom. The highest BCUT2D eigenvalue weighted by atomic mass is 32.2. The summed E-state index contributed by atoms with van der Waals surface area (Å²) in [5, 5.41) is 1.67. The summed E-state index contributed by atoms with van der Waals surface area (Å²) in [5.74, 6) is -3.00. The molecule has 0 saturated carbocycles.